The Morgan fingerprint density at radius 3 is 3.04 bits per heavy atom. The van der Waals surface area contributed by atoms with Crippen LogP contribution < -0.4 is 10.1 Å². The van der Waals surface area contributed by atoms with Crippen molar-refractivity contribution in [2.75, 3.05) is 19.8 Å². The van der Waals surface area contributed by atoms with Gasteiger partial charge >= 0.3 is 0 Å². The summed E-state index contributed by atoms with van der Waals surface area (Å²) in [7, 11) is 1.84. The summed E-state index contributed by atoms with van der Waals surface area (Å²) >= 11 is 0. The van der Waals surface area contributed by atoms with E-state index < -0.39 is 0 Å². The fraction of sp³-hybridized carbons (Fsp3) is 0.444. The normalized spacial score (nSPS) is 22.7. The van der Waals surface area contributed by atoms with E-state index in [1.54, 1.807) is 10.9 Å². The summed E-state index contributed by atoms with van der Waals surface area (Å²) in [6.45, 7) is 1.86. The van der Waals surface area contributed by atoms with Crippen LogP contribution in [-0.2, 0) is 18.2 Å². The van der Waals surface area contributed by atoms with Gasteiger partial charge < -0.3 is 14.8 Å². The predicted octanol–water partition coefficient (Wildman–Crippen LogP) is 1.66. The summed E-state index contributed by atoms with van der Waals surface area (Å²) in [6, 6.07) is 7.93. The van der Waals surface area contributed by atoms with Crippen LogP contribution in [0.2, 0.25) is 0 Å². The minimum Gasteiger partial charge on any atom is -0.491 e. The second-order valence-corrected chi connectivity index (χ2v) is 6.46. The van der Waals surface area contributed by atoms with Gasteiger partial charge in [0.25, 0.3) is 5.91 Å². The number of hydrogen-bond donors (Lipinski definition) is 1. The van der Waals surface area contributed by atoms with Crippen LogP contribution in [0.5, 0.6) is 5.75 Å². The van der Waals surface area contributed by atoms with Crippen LogP contribution in [0.15, 0.2) is 30.5 Å². The Morgan fingerprint density at radius 1 is 1.33 bits per heavy atom. The molecule has 0 unspecified atom stereocenters. The minimum absolute atomic E-state index is 0.0275. The highest BCUT2D eigenvalue weighted by atomic mass is 16.5. The maximum atomic E-state index is 12.8. The molecule has 0 saturated carbocycles. The molecular formula is C18H21N3O3. The lowest BCUT2D eigenvalue weighted by Gasteiger charge is -2.26. The molecule has 0 bridgehead atoms. The zero-order chi connectivity index (χ0) is 16.5. The van der Waals surface area contributed by atoms with Gasteiger partial charge in [0.2, 0.25) is 0 Å². The molecule has 1 N–H and O–H groups in total. The first-order chi connectivity index (χ1) is 11.7. The van der Waals surface area contributed by atoms with Crippen molar-refractivity contribution < 1.29 is 14.3 Å². The van der Waals surface area contributed by atoms with Crippen molar-refractivity contribution in [1.29, 1.82) is 0 Å². The quantitative estimate of drug-likeness (QED) is 0.931. The molecule has 0 aliphatic carbocycles. The maximum absolute atomic E-state index is 12.8. The van der Waals surface area contributed by atoms with E-state index in [0.29, 0.717) is 18.8 Å². The summed E-state index contributed by atoms with van der Waals surface area (Å²) in [5, 5.41) is 7.58. The van der Waals surface area contributed by atoms with Gasteiger partial charge in [-0.1, -0.05) is 18.2 Å². The maximum Gasteiger partial charge on any atom is 0.255 e. The molecule has 6 heteroatoms. The van der Waals surface area contributed by atoms with Gasteiger partial charge in [-0.25, -0.2) is 0 Å². The highest BCUT2D eigenvalue weighted by Gasteiger charge is 2.28. The molecule has 2 aliphatic rings. The van der Waals surface area contributed by atoms with E-state index in [2.05, 4.69) is 10.4 Å². The van der Waals surface area contributed by atoms with E-state index in [0.717, 1.165) is 36.5 Å². The molecule has 1 aromatic heterocycles. The number of rotatable bonds is 3. The van der Waals surface area contributed by atoms with Crippen LogP contribution in [0.4, 0.5) is 0 Å². The van der Waals surface area contributed by atoms with Gasteiger partial charge in [0.15, 0.2) is 0 Å². The van der Waals surface area contributed by atoms with Crippen LogP contribution in [0.25, 0.3) is 0 Å². The molecule has 24 heavy (non-hydrogen) atoms. The standard InChI is InChI=1S/C18H21N3O3/c1-21-9-15(17(20-21)13-6-7-23-10-13)18(22)19-14-8-12-4-2-3-5-16(12)24-11-14/h2-5,9,13-14H,6-8,10-11H2,1H3,(H,19,22)/t13-,14+/m1/s1. The van der Waals surface area contributed by atoms with Gasteiger partial charge in [-0.3, -0.25) is 9.48 Å². The molecule has 1 amide bonds. The topological polar surface area (TPSA) is 65.4 Å². The van der Waals surface area contributed by atoms with E-state index in [1.165, 1.54) is 0 Å². The molecule has 0 spiro atoms. The van der Waals surface area contributed by atoms with E-state index in [9.17, 15) is 4.79 Å². The minimum atomic E-state index is -0.0852. The largest absolute Gasteiger partial charge is 0.491 e. The zero-order valence-electron chi connectivity index (χ0n) is 13.7. The van der Waals surface area contributed by atoms with Crippen LogP contribution in [0.1, 0.15) is 34.0 Å². The Balaban J connectivity index is 1.49. The second-order valence-electron chi connectivity index (χ2n) is 6.46. The zero-order valence-corrected chi connectivity index (χ0v) is 13.7. The van der Waals surface area contributed by atoms with Gasteiger partial charge in [-0.2, -0.15) is 5.10 Å². The molecule has 0 radical (unpaired) electrons. The number of nitrogens with one attached hydrogen (secondary N) is 1. The number of carbonyl (C=O) groups excluding carboxylic acids is 1. The van der Waals surface area contributed by atoms with Crippen molar-refractivity contribution in [3.05, 3.63) is 47.3 Å². The first-order valence-corrected chi connectivity index (χ1v) is 8.33. The number of ether oxygens (including phenoxy) is 2. The van der Waals surface area contributed by atoms with Crippen molar-refractivity contribution in [2.45, 2.75) is 24.8 Å². The first kappa shape index (κ1) is 15.2. The number of fused-ring (bicyclic) bond motifs is 1. The molecule has 2 aliphatic heterocycles. The summed E-state index contributed by atoms with van der Waals surface area (Å²) in [4.78, 5) is 12.8. The fourth-order valence-electron chi connectivity index (χ4n) is 3.42. The predicted molar refractivity (Wildman–Crippen MR) is 88.3 cm³/mol. The molecular weight excluding hydrogens is 306 g/mol. The average Bonchev–Trinajstić information content (AvgIpc) is 3.24. The van der Waals surface area contributed by atoms with Crippen molar-refractivity contribution in [2.24, 2.45) is 7.05 Å². The SMILES string of the molecule is Cn1cc(C(=O)N[C@@H]2COc3ccccc3C2)c([C@@H]2CCOC2)n1. The van der Waals surface area contributed by atoms with Crippen molar-refractivity contribution in [3.63, 3.8) is 0 Å². The van der Waals surface area contributed by atoms with Gasteiger partial charge in [0, 0.05) is 25.8 Å². The molecule has 126 valence electrons. The summed E-state index contributed by atoms with van der Waals surface area (Å²) in [5.41, 5.74) is 2.61. The van der Waals surface area contributed by atoms with E-state index in [-0.39, 0.29) is 17.9 Å². The Bertz CT molecular complexity index is 750. The lowest BCUT2D eigenvalue weighted by Crippen LogP contribution is -2.43. The van der Waals surface area contributed by atoms with Gasteiger partial charge in [-0.05, 0) is 24.5 Å². The molecule has 1 saturated heterocycles. The smallest absolute Gasteiger partial charge is 0.255 e. The van der Waals surface area contributed by atoms with Gasteiger partial charge in [-0.15, -0.1) is 0 Å². The summed E-state index contributed by atoms with van der Waals surface area (Å²) in [5.74, 6) is 1.03. The number of carbonyl (C=O) groups is 1. The Hall–Kier alpha value is -2.34. The Morgan fingerprint density at radius 2 is 2.21 bits per heavy atom. The van der Waals surface area contributed by atoms with Crippen LogP contribution >= 0.6 is 0 Å². The van der Waals surface area contributed by atoms with E-state index in [1.807, 2.05) is 31.3 Å². The molecule has 3 heterocycles. The molecule has 6 nitrogen and oxygen atoms in total. The van der Waals surface area contributed by atoms with Crippen LogP contribution in [0, 0.1) is 0 Å². The Labute approximate surface area is 140 Å². The summed E-state index contributed by atoms with van der Waals surface area (Å²) in [6.07, 6.45) is 3.49. The van der Waals surface area contributed by atoms with Crippen LogP contribution in [0.3, 0.4) is 0 Å². The molecule has 2 aromatic rings. The lowest BCUT2D eigenvalue weighted by atomic mass is 9.99. The number of benzene rings is 1. The lowest BCUT2D eigenvalue weighted by molar-refractivity contribution is 0.0913. The van der Waals surface area contributed by atoms with Crippen LogP contribution in [-0.4, -0.2) is 41.6 Å². The number of para-hydroxylation sites is 1. The average molecular weight is 327 g/mol. The fourth-order valence-corrected chi connectivity index (χ4v) is 3.42. The van der Waals surface area contributed by atoms with E-state index >= 15 is 0 Å². The third kappa shape index (κ3) is 2.89. The highest BCUT2D eigenvalue weighted by Crippen LogP contribution is 2.27. The number of amides is 1. The summed E-state index contributed by atoms with van der Waals surface area (Å²) < 4.78 is 12.9. The molecule has 1 aromatic carbocycles. The van der Waals surface area contributed by atoms with Gasteiger partial charge in [0.1, 0.15) is 12.4 Å². The second kappa shape index (κ2) is 6.28. The van der Waals surface area contributed by atoms with Crippen molar-refractivity contribution >= 4 is 5.91 Å². The first-order valence-electron chi connectivity index (χ1n) is 8.33. The number of nitrogens with zero attached hydrogens (tertiary/aromatic N) is 2. The molecule has 1 fully saturated rings. The molecule has 4 rings (SSSR count). The monoisotopic (exact) mass is 327 g/mol. The highest BCUT2D eigenvalue weighted by molar-refractivity contribution is 5.95. The third-order valence-corrected chi connectivity index (χ3v) is 4.63. The number of aryl methyl sites for hydroxylation is 1. The van der Waals surface area contributed by atoms with Crippen molar-refractivity contribution in [1.82, 2.24) is 15.1 Å². The van der Waals surface area contributed by atoms with Crippen molar-refractivity contribution in [3.8, 4) is 5.75 Å². The van der Waals surface area contributed by atoms with E-state index in [4.69, 9.17) is 9.47 Å². The Kier molecular flexibility index (Phi) is 3.98. The number of aromatic nitrogens is 2. The van der Waals surface area contributed by atoms with Gasteiger partial charge in [0.05, 0.1) is 23.9 Å². The number of hydrogen-bond acceptors (Lipinski definition) is 4. The third-order valence-electron chi connectivity index (χ3n) is 4.63. The molecule has 2 atom stereocenters.